The van der Waals surface area contributed by atoms with E-state index in [1.807, 2.05) is 31.2 Å². The highest BCUT2D eigenvalue weighted by atomic mass is 16.5. The molecule has 0 bridgehead atoms. The topological polar surface area (TPSA) is 79.0 Å². The molecule has 7 nitrogen and oxygen atoms in total. The van der Waals surface area contributed by atoms with Gasteiger partial charge in [0.2, 0.25) is 17.7 Å². The number of benzene rings is 2. The van der Waals surface area contributed by atoms with Gasteiger partial charge in [-0.1, -0.05) is 23.8 Å². The van der Waals surface area contributed by atoms with Gasteiger partial charge in [-0.2, -0.15) is 0 Å². The molecule has 0 radical (unpaired) electrons. The highest BCUT2D eigenvalue weighted by Gasteiger charge is 2.36. The van der Waals surface area contributed by atoms with Crippen molar-refractivity contribution in [3.63, 3.8) is 0 Å². The summed E-state index contributed by atoms with van der Waals surface area (Å²) in [4.78, 5) is 40.4. The third kappa shape index (κ3) is 4.93. The summed E-state index contributed by atoms with van der Waals surface area (Å²) in [6, 6.07) is 14.6. The third-order valence-corrected chi connectivity index (χ3v) is 4.93. The second-order valence-electron chi connectivity index (χ2n) is 7.22. The number of carbonyl (C=O) groups is 3. The number of amides is 3. The predicted molar refractivity (Wildman–Crippen MR) is 111 cm³/mol. The van der Waals surface area contributed by atoms with Gasteiger partial charge in [0.25, 0.3) is 0 Å². The summed E-state index contributed by atoms with van der Waals surface area (Å²) in [7, 11) is 3.13. The molecule has 2 aromatic carbocycles. The van der Waals surface area contributed by atoms with Crippen LogP contribution in [0.1, 0.15) is 12.0 Å². The standard InChI is InChI=1S/C22H25N3O4/c1-15-7-9-18(10-8-15)25-13-16(11-21(25)27)22(28)24(2)14-20(26)23-17-5-4-6-19(12-17)29-3/h4-10,12,16H,11,13-14H2,1-3H3,(H,23,26)/t16-/m0/s1. The average molecular weight is 395 g/mol. The van der Waals surface area contributed by atoms with Crippen molar-refractivity contribution >= 4 is 29.1 Å². The van der Waals surface area contributed by atoms with Crippen molar-refractivity contribution in [1.29, 1.82) is 0 Å². The second kappa shape index (κ2) is 8.77. The Balaban J connectivity index is 1.57. The summed E-state index contributed by atoms with van der Waals surface area (Å²) in [6.45, 7) is 2.21. The van der Waals surface area contributed by atoms with E-state index in [-0.39, 0.29) is 30.7 Å². The van der Waals surface area contributed by atoms with Crippen LogP contribution in [0.4, 0.5) is 11.4 Å². The first-order valence-electron chi connectivity index (χ1n) is 9.43. The Bertz CT molecular complexity index is 911. The minimum Gasteiger partial charge on any atom is -0.497 e. The van der Waals surface area contributed by atoms with E-state index >= 15 is 0 Å². The fourth-order valence-corrected chi connectivity index (χ4v) is 3.35. The molecule has 1 aliphatic rings. The van der Waals surface area contributed by atoms with Crippen molar-refractivity contribution in [2.45, 2.75) is 13.3 Å². The van der Waals surface area contributed by atoms with E-state index in [1.165, 1.54) is 4.90 Å². The van der Waals surface area contributed by atoms with Gasteiger partial charge in [-0.3, -0.25) is 14.4 Å². The van der Waals surface area contributed by atoms with Crippen LogP contribution in [0.25, 0.3) is 0 Å². The summed E-state index contributed by atoms with van der Waals surface area (Å²) in [5.41, 5.74) is 2.49. The molecule has 3 amide bonds. The van der Waals surface area contributed by atoms with Gasteiger partial charge >= 0.3 is 0 Å². The van der Waals surface area contributed by atoms with Crippen LogP contribution in [0.5, 0.6) is 5.75 Å². The SMILES string of the molecule is COc1cccc(NC(=O)CN(C)C(=O)[C@H]2CC(=O)N(c3ccc(C)cc3)C2)c1. The lowest BCUT2D eigenvalue weighted by molar-refractivity contribution is -0.137. The predicted octanol–water partition coefficient (Wildman–Crippen LogP) is 2.45. The lowest BCUT2D eigenvalue weighted by Gasteiger charge is -2.21. The van der Waals surface area contributed by atoms with E-state index < -0.39 is 5.92 Å². The van der Waals surface area contributed by atoms with Crippen molar-refractivity contribution in [3.8, 4) is 5.75 Å². The number of likely N-dealkylation sites (N-methyl/N-ethyl adjacent to an activating group) is 1. The van der Waals surface area contributed by atoms with Gasteiger partial charge in [0.05, 0.1) is 19.6 Å². The highest BCUT2D eigenvalue weighted by molar-refractivity contribution is 6.01. The Morgan fingerprint density at radius 2 is 1.93 bits per heavy atom. The van der Waals surface area contributed by atoms with Crippen molar-refractivity contribution in [2.75, 3.05) is 37.5 Å². The Morgan fingerprint density at radius 1 is 1.21 bits per heavy atom. The maximum atomic E-state index is 12.8. The molecule has 1 heterocycles. The molecule has 0 aliphatic carbocycles. The maximum Gasteiger partial charge on any atom is 0.243 e. The smallest absolute Gasteiger partial charge is 0.243 e. The number of methoxy groups -OCH3 is 1. The van der Waals surface area contributed by atoms with Gasteiger partial charge in [-0.25, -0.2) is 0 Å². The number of aryl methyl sites for hydroxylation is 1. The third-order valence-electron chi connectivity index (χ3n) is 4.93. The molecule has 0 unspecified atom stereocenters. The Labute approximate surface area is 170 Å². The summed E-state index contributed by atoms with van der Waals surface area (Å²) in [5, 5.41) is 2.75. The molecule has 1 fully saturated rings. The van der Waals surface area contributed by atoms with Crippen LogP contribution in [0.3, 0.4) is 0 Å². The van der Waals surface area contributed by atoms with Crippen LogP contribution in [-0.4, -0.2) is 49.9 Å². The molecule has 1 atom stereocenters. The van der Waals surface area contributed by atoms with E-state index in [1.54, 1.807) is 43.3 Å². The van der Waals surface area contributed by atoms with Gasteiger partial charge in [-0.05, 0) is 31.2 Å². The number of rotatable bonds is 6. The van der Waals surface area contributed by atoms with E-state index in [0.717, 1.165) is 11.3 Å². The highest BCUT2D eigenvalue weighted by Crippen LogP contribution is 2.26. The van der Waals surface area contributed by atoms with E-state index in [0.29, 0.717) is 18.0 Å². The van der Waals surface area contributed by atoms with Crippen molar-refractivity contribution in [2.24, 2.45) is 5.92 Å². The lowest BCUT2D eigenvalue weighted by Crippen LogP contribution is -2.39. The number of anilines is 2. The van der Waals surface area contributed by atoms with Gasteiger partial charge in [0.1, 0.15) is 5.75 Å². The monoisotopic (exact) mass is 395 g/mol. The fourth-order valence-electron chi connectivity index (χ4n) is 3.35. The van der Waals surface area contributed by atoms with Crippen LogP contribution in [0.2, 0.25) is 0 Å². The van der Waals surface area contributed by atoms with Gasteiger partial charge in [-0.15, -0.1) is 0 Å². The molecule has 152 valence electrons. The molecule has 0 aromatic heterocycles. The molecular weight excluding hydrogens is 370 g/mol. The van der Waals surface area contributed by atoms with Crippen LogP contribution in [0.15, 0.2) is 48.5 Å². The maximum absolute atomic E-state index is 12.8. The van der Waals surface area contributed by atoms with Crippen molar-refractivity contribution < 1.29 is 19.1 Å². The van der Waals surface area contributed by atoms with E-state index in [2.05, 4.69) is 5.32 Å². The summed E-state index contributed by atoms with van der Waals surface area (Å²) in [6.07, 6.45) is 0.147. The Hall–Kier alpha value is -3.35. The van der Waals surface area contributed by atoms with Crippen LogP contribution in [-0.2, 0) is 14.4 Å². The normalized spacial score (nSPS) is 15.9. The molecule has 1 saturated heterocycles. The summed E-state index contributed by atoms with van der Waals surface area (Å²) in [5.74, 6) is -0.435. The van der Waals surface area contributed by atoms with Crippen molar-refractivity contribution in [1.82, 2.24) is 4.90 Å². The quantitative estimate of drug-likeness (QED) is 0.815. The molecule has 0 spiro atoms. The van der Waals surface area contributed by atoms with Crippen LogP contribution >= 0.6 is 0 Å². The van der Waals surface area contributed by atoms with Crippen molar-refractivity contribution in [3.05, 3.63) is 54.1 Å². The molecule has 1 N–H and O–H groups in total. The molecule has 2 aromatic rings. The largest absolute Gasteiger partial charge is 0.497 e. The zero-order valence-electron chi connectivity index (χ0n) is 16.8. The molecule has 29 heavy (non-hydrogen) atoms. The first-order valence-corrected chi connectivity index (χ1v) is 9.43. The Kier molecular flexibility index (Phi) is 6.16. The number of hydrogen-bond acceptors (Lipinski definition) is 4. The fraction of sp³-hybridized carbons (Fsp3) is 0.318. The van der Waals surface area contributed by atoms with Gasteiger partial charge in [0.15, 0.2) is 0 Å². The second-order valence-corrected chi connectivity index (χ2v) is 7.22. The Morgan fingerprint density at radius 3 is 2.62 bits per heavy atom. The minimum absolute atomic E-state index is 0.0820. The average Bonchev–Trinajstić information content (AvgIpc) is 3.09. The summed E-state index contributed by atoms with van der Waals surface area (Å²) >= 11 is 0. The van der Waals surface area contributed by atoms with E-state index in [9.17, 15) is 14.4 Å². The molecule has 1 aliphatic heterocycles. The van der Waals surface area contributed by atoms with Gasteiger partial charge in [0, 0.05) is 37.5 Å². The summed E-state index contributed by atoms with van der Waals surface area (Å²) < 4.78 is 5.13. The van der Waals surface area contributed by atoms with Crippen LogP contribution < -0.4 is 15.0 Å². The minimum atomic E-state index is -0.460. The molecular formula is C22H25N3O4. The number of carbonyl (C=O) groups excluding carboxylic acids is 3. The van der Waals surface area contributed by atoms with E-state index in [4.69, 9.17) is 4.74 Å². The molecule has 3 rings (SSSR count). The number of hydrogen-bond donors (Lipinski definition) is 1. The molecule has 7 heteroatoms. The number of nitrogens with one attached hydrogen (secondary N) is 1. The molecule has 0 saturated carbocycles. The number of nitrogens with zero attached hydrogens (tertiary/aromatic N) is 2. The zero-order chi connectivity index (χ0) is 21.0. The lowest BCUT2D eigenvalue weighted by atomic mass is 10.1. The first-order chi connectivity index (χ1) is 13.9. The zero-order valence-corrected chi connectivity index (χ0v) is 16.8. The van der Waals surface area contributed by atoms with Crippen LogP contribution in [0, 0.1) is 12.8 Å². The number of ether oxygens (including phenoxy) is 1. The first kappa shape index (κ1) is 20.4. The van der Waals surface area contributed by atoms with Gasteiger partial charge < -0.3 is 19.9 Å².